The van der Waals surface area contributed by atoms with Gasteiger partial charge in [-0.15, -0.1) is 0 Å². The first-order chi connectivity index (χ1) is 15.6. The average Bonchev–Trinajstić information content (AvgIpc) is 2.81. The maximum absolute atomic E-state index is 11.6. The molecule has 1 amide bonds. The summed E-state index contributed by atoms with van der Waals surface area (Å²) in [5.74, 6) is 2.37. The minimum Gasteiger partial charge on any atom is -0.378 e. The lowest BCUT2D eigenvalue weighted by Crippen LogP contribution is -2.37. The molecule has 2 aromatic rings. The fraction of sp³-hybridized carbons (Fsp3) is 0.348. The monoisotopic (exact) mass is 454 g/mol. The van der Waals surface area contributed by atoms with Crippen LogP contribution in [0.5, 0.6) is 0 Å². The summed E-state index contributed by atoms with van der Waals surface area (Å²) in [5.41, 5.74) is 0.774. The molecule has 9 heteroatoms. The molecule has 3 N–H and O–H groups in total. The van der Waals surface area contributed by atoms with Gasteiger partial charge in [0, 0.05) is 42.7 Å². The fourth-order valence-electron chi connectivity index (χ4n) is 3.03. The van der Waals surface area contributed by atoms with Gasteiger partial charge in [0.05, 0.1) is 13.2 Å². The van der Waals surface area contributed by atoms with Gasteiger partial charge in [0.2, 0.25) is 5.91 Å². The van der Waals surface area contributed by atoms with E-state index in [0.717, 1.165) is 41.9 Å². The summed E-state index contributed by atoms with van der Waals surface area (Å²) < 4.78 is 5.49. The summed E-state index contributed by atoms with van der Waals surface area (Å²) in [7, 11) is 0. The smallest absolute Gasteiger partial charge is 0.224 e. The Bertz CT molecular complexity index is 942. The predicted molar refractivity (Wildman–Crippen MR) is 130 cm³/mol. The standard InChI is InChI=1S/C23H30N6O2S/c1-4-7-19(24-6-3)26-20-16-21(29-12-14-31-15-13-29)28-23(27-20)32-18-10-8-17(9-11-18)25-22(30)5-2/h4,7-11,16,24H,1,5-6,12-15H2,2-3H3,(H,25,30)(H,26,27,28)/b19-7+. The number of allylic oxidation sites excluding steroid dienone is 2. The number of carbonyl (C=O) groups is 1. The van der Waals surface area contributed by atoms with E-state index in [1.807, 2.05) is 50.3 Å². The second kappa shape index (κ2) is 12.1. The first kappa shape index (κ1) is 23.6. The van der Waals surface area contributed by atoms with Crippen molar-refractivity contribution in [2.75, 3.05) is 48.4 Å². The van der Waals surface area contributed by atoms with Crippen LogP contribution in [0.4, 0.5) is 17.3 Å². The first-order valence-electron chi connectivity index (χ1n) is 10.7. The van der Waals surface area contributed by atoms with E-state index in [0.29, 0.717) is 30.6 Å². The molecular formula is C23H30N6O2S. The van der Waals surface area contributed by atoms with Crippen LogP contribution in [-0.4, -0.2) is 48.7 Å². The molecule has 0 unspecified atom stereocenters. The molecule has 32 heavy (non-hydrogen) atoms. The highest BCUT2D eigenvalue weighted by Gasteiger charge is 2.16. The first-order valence-corrected chi connectivity index (χ1v) is 11.6. The Morgan fingerprint density at radius 1 is 1.19 bits per heavy atom. The number of amides is 1. The fourth-order valence-corrected chi connectivity index (χ4v) is 3.80. The largest absolute Gasteiger partial charge is 0.378 e. The number of rotatable bonds is 10. The quantitative estimate of drug-likeness (QED) is 0.368. The van der Waals surface area contributed by atoms with Crippen molar-refractivity contribution in [2.24, 2.45) is 0 Å². The molecule has 1 aromatic heterocycles. The Kier molecular flexibility index (Phi) is 8.94. The third-order valence-electron chi connectivity index (χ3n) is 4.61. The van der Waals surface area contributed by atoms with Crippen LogP contribution in [0, 0.1) is 0 Å². The van der Waals surface area contributed by atoms with E-state index < -0.39 is 0 Å². The number of nitrogens with zero attached hydrogens (tertiary/aromatic N) is 3. The molecule has 0 atom stereocenters. The van der Waals surface area contributed by atoms with Crippen molar-refractivity contribution in [2.45, 2.75) is 30.3 Å². The van der Waals surface area contributed by atoms with Crippen molar-refractivity contribution in [3.05, 3.63) is 54.9 Å². The van der Waals surface area contributed by atoms with Gasteiger partial charge in [-0.25, -0.2) is 9.97 Å². The molecular weight excluding hydrogens is 424 g/mol. The summed E-state index contributed by atoms with van der Waals surface area (Å²) in [6.45, 7) is 11.3. The van der Waals surface area contributed by atoms with Crippen molar-refractivity contribution in [1.29, 1.82) is 0 Å². The van der Waals surface area contributed by atoms with E-state index in [9.17, 15) is 4.79 Å². The highest BCUT2D eigenvalue weighted by Crippen LogP contribution is 2.29. The topological polar surface area (TPSA) is 91.4 Å². The Morgan fingerprint density at radius 3 is 2.59 bits per heavy atom. The summed E-state index contributed by atoms with van der Waals surface area (Å²) in [5, 5.41) is 10.1. The van der Waals surface area contributed by atoms with Crippen molar-refractivity contribution in [3.63, 3.8) is 0 Å². The highest BCUT2D eigenvalue weighted by molar-refractivity contribution is 7.99. The van der Waals surface area contributed by atoms with E-state index in [2.05, 4.69) is 27.4 Å². The van der Waals surface area contributed by atoms with Crippen molar-refractivity contribution in [3.8, 4) is 0 Å². The average molecular weight is 455 g/mol. The van der Waals surface area contributed by atoms with Gasteiger partial charge in [-0.05, 0) is 49.0 Å². The Labute approximate surface area is 193 Å². The van der Waals surface area contributed by atoms with Crippen LogP contribution in [0.2, 0.25) is 0 Å². The van der Waals surface area contributed by atoms with Crippen LogP contribution < -0.4 is 20.9 Å². The summed E-state index contributed by atoms with van der Waals surface area (Å²) in [6, 6.07) is 9.63. The van der Waals surface area contributed by atoms with E-state index in [1.165, 1.54) is 11.8 Å². The van der Waals surface area contributed by atoms with E-state index in [4.69, 9.17) is 14.7 Å². The zero-order valence-corrected chi connectivity index (χ0v) is 19.4. The lowest BCUT2D eigenvalue weighted by molar-refractivity contribution is -0.115. The van der Waals surface area contributed by atoms with Gasteiger partial charge < -0.3 is 25.6 Å². The number of carbonyl (C=O) groups excluding carboxylic acids is 1. The zero-order valence-electron chi connectivity index (χ0n) is 18.6. The summed E-state index contributed by atoms with van der Waals surface area (Å²) in [6.07, 6.45) is 4.05. The Morgan fingerprint density at radius 2 is 1.94 bits per heavy atom. The Hall–Kier alpha value is -3.04. The molecule has 0 spiro atoms. The molecule has 1 fully saturated rings. The molecule has 1 saturated heterocycles. The molecule has 0 radical (unpaired) electrons. The molecule has 3 rings (SSSR count). The molecule has 0 saturated carbocycles. The maximum Gasteiger partial charge on any atom is 0.224 e. The molecule has 0 aliphatic carbocycles. The number of hydrogen-bond donors (Lipinski definition) is 3. The zero-order chi connectivity index (χ0) is 22.8. The number of ether oxygens (including phenoxy) is 1. The molecule has 2 heterocycles. The highest BCUT2D eigenvalue weighted by atomic mass is 32.2. The van der Waals surface area contributed by atoms with Gasteiger partial charge in [-0.1, -0.05) is 19.6 Å². The van der Waals surface area contributed by atoms with Crippen molar-refractivity contribution in [1.82, 2.24) is 15.3 Å². The van der Waals surface area contributed by atoms with Gasteiger partial charge in [0.15, 0.2) is 5.16 Å². The predicted octanol–water partition coefficient (Wildman–Crippen LogP) is 3.86. The van der Waals surface area contributed by atoms with Gasteiger partial charge in [-0.2, -0.15) is 0 Å². The molecule has 1 aliphatic heterocycles. The number of anilines is 3. The molecule has 1 aliphatic rings. The van der Waals surface area contributed by atoms with Crippen molar-refractivity contribution >= 4 is 35.0 Å². The molecule has 0 bridgehead atoms. The van der Waals surface area contributed by atoms with Crippen molar-refractivity contribution < 1.29 is 9.53 Å². The summed E-state index contributed by atoms with van der Waals surface area (Å²) >= 11 is 1.47. The lowest BCUT2D eigenvalue weighted by atomic mass is 10.3. The number of aromatic nitrogens is 2. The number of hydrogen-bond acceptors (Lipinski definition) is 8. The lowest BCUT2D eigenvalue weighted by Gasteiger charge is -2.28. The van der Waals surface area contributed by atoms with E-state index in [1.54, 1.807) is 6.08 Å². The van der Waals surface area contributed by atoms with E-state index >= 15 is 0 Å². The number of nitrogens with one attached hydrogen (secondary N) is 3. The van der Waals surface area contributed by atoms with Crippen LogP contribution in [0.15, 0.2) is 64.9 Å². The minimum atomic E-state index is -0.00765. The third-order valence-corrected chi connectivity index (χ3v) is 5.48. The minimum absolute atomic E-state index is 0.00765. The van der Waals surface area contributed by atoms with Gasteiger partial charge >= 0.3 is 0 Å². The Balaban J connectivity index is 1.83. The van der Waals surface area contributed by atoms with Gasteiger partial charge in [-0.3, -0.25) is 4.79 Å². The third kappa shape index (κ3) is 7.00. The molecule has 170 valence electrons. The number of morpholine rings is 1. The van der Waals surface area contributed by atoms with Crippen LogP contribution in [-0.2, 0) is 9.53 Å². The second-order valence-corrected chi connectivity index (χ2v) is 8.03. The van der Waals surface area contributed by atoms with Crippen LogP contribution in [0.3, 0.4) is 0 Å². The van der Waals surface area contributed by atoms with Crippen LogP contribution in [0.1, 0.15) is 20.3 Å². The summed E-state index contributed by atoms with van der Waals surface area (Å²) in [4.78, 5) is 24.3. The van der Waals surface area contributed by atoms with Gasteiger partial charge in [0.1, 0.15) is 17.5 Å². The maximum atomic E-state index is 11.6. The molecule has 8 nitrogen and oxygen atoms in total. The second-order valence-electron chi connectivity index (χ2n) is 6.99. The normalized spacial score (nSPS) is 14.1. The SMILES string of the molecule is C=C/C=C(\NCC)Nc1cc(N2CCOCC2)nc(Sc2ccc(NC(=O)CC)cc2)n1. The van der Waals surface area contributed by atoms with Crippen LogP contribution >= 0.6 is 11.8 Å². The number of benzene rings is 1. The van der Waals surface area contributed by atoms with Crippen LogP contribution in [0.25, 0.3) is 0 Å². The van der Waals surface area contributed by atoms with Gasteiger partial charge in [0.25, 0.3) is 0 Å². The van der Waals surface area contributed by atoms with E-state index in [-0.39, 0.29) is 5.91 Å². The molecule has 1 aromatic carbocycles.